The Labute approximate surface area is 149 Å². The van der Waals surface area contributed by atoms with Crippen LogP contribution in [0.1, 0.15) is 24.2 Å². The molecular weight excluding hydrogens is 386 g/mol. The minimum atomic E-state index is -0.694. The molecule has 0 saturated carbocycles. The Morgan fingerprint density at radius 2 is 1.91 bits per heavy atom. The molecule has 0 saturated heterocycles. The topological polar surface area (TPSA) is 55.8 Å². The largest absolute Gasteiger partial charge is 0.492 e. The number of Topliss-reactive ketones (excluding diaryl/α,β-unsaturated/α-hetero) is 1. The monoisotopic (exact) mass is 403 g/mol. The number of halogens is 2. The third kappa shape index (κ3) is 5.25. The van der Waals surface area contributed by atoms with Crippen molar-refractivity contribution >= 4 is 39.3 Å². The zero-order valence-corrected chi connectivity index (χ0v) is 15.8. The lowest BCUT2D eigenvalue weighted by Crippen LogP contribution is -2.20. The van der Waals surface area contributed by atoms with Crippen molar-refractivity contribution < 1.29 is 19.1 Å². The number of ether oxygens (including phenoxy) is 2. The summed E-state index contributed by atoms with van der Waals surface area (Å²) in [7, 11) is 3.42. The molecule has 1 aromatic carbocycles. The molecule has 0 unspecified atom stereocenters. The molecule has 1 aromatic rings. The number of carbonyl (C=O) groups is 2. The van der Waals surface area contributed by atoms with Gasteiger partial charge in [0.2, 0.25) is 5.78 Å². The van der Waals surface area contributed by atoms with E-state index in [1.165, 1.54) is 6.20 Å². The highest BCUT2D eigenvalue weighted by Gasteiger charge is 2.25. The van der Waals surface area contributed by atoms with Gasteiger partial charge in [-0.2, -0.15) is 0 Å². The summed E-state index contributed by atoms with van der Waals surface area (Å²) >= 11 is 9.57. The van der Waals surface area contributed by atoms with Gasteiger partial charge in [0.05, 0.1) is 18.2 Å². The molecule has 126 valence electrons. The molecule has 0 radical (unpaired) electrons. The van der Waals surface area contributed by atoms with Crippen molar-refractivity contribution in [3.05, 3.63) is 39.0 Å². The molecule has 0 aromatic heterocycles. The van der Waals surface area contributed by atoms with Crippen molar-refractivity contribution in [2.24, 2.45) is 0 Å². The van der Waals surface area contributed by atoms with E-state index in [-0.39, 0.29) is 22.8 Å². The minimum absolute atomic E-state index is 0.0979. The van der Waals surface area contributed by atoms with Crippen LogP contribution >= 0.6 is 27.5 Å². The maximum Gasteiger partial charge on any atom is 0.343 e. The van der Waals surface area contributed by atoms with Crippen LogP contribution in [0.25, 0.3) is 0 Å². The first-order valence-electron chi connectivity index (χ1n) is 7.03. The lowest BCUT2D eigenvalue weighted by molar-refractivity contribution is -0.138. The van der Waals surface area contributed by atoms with Gasteiger partial charge in [0.25, 0.3) is 0 Å². The summed E-state index contributed by atoms with van der Waals surface area (Å²) in [6, 6.07) is 3.22. The Bertz CT molecular complexity index is 629. The predicted molar refractivity (Wildman–Crippen MR) is 93.1 cm³/mol. The standard InChI is InChI=1S/C16H19BrClNO4/c1-5-22-13-8-10(17)7-11(14(13)18)15(20)12(9-19(3)4)16(21)23-6-2/h7-9H,5-6H2,1-4H3/b12-9-. The van der Waals surface area contributed by atoms with Gasteiger partial charge < -0.3 is 14.4 Å². The van der Waals surface area contributed by atoms with Gasteiger partial charge in [-0.05, 0) is 26.0 Å². The SMILES string of the molecule is CCOC(=O)/C(=C\N(C)C)C(=O)c1cc(Br)cc(OCC)c1Cl. The Balaban J connectivity index is 3.36. The number of carbonyl (C=O) groups excluding carboxylic acids is 2. The molecular formula is C16H19BrClNO4. The normalized spacial score (nSPS) is 11.1. The molecule has 0 amide bonds. The van der Waals surface area contributed by atoms with E-state index in [2.05, 4.69) is 15.9 Å². The Morgan fingerprint density at radius 1 is 1.26 bits per heavy atom. The lowest BCUT2D eigenvalue weighted by atomic mass is 10.0. The second-order valence-corrected chi connectivity index (χ2v) is 6.05. The predicted octanol–water partition coefficient (Wildman–Crippen LogP) is 3.69. The number of benzene rings is 1. The molecule has 0 aliphatic rings. The summed E-state index contributed by atoms with van der Waals surface area (Å²) in [5.41, 5.74) is 0.0740. The van der Waals surface area contributed by atoms with Gasteiger partial charge in [0.15, 0.2) is 0 Å². The Morgan fingerprint density at radius 3 is 2.43 bits per heavy atom. The van der Waals surface area contributed by atoms with Crippen LogP contribution in [0.15, 0.2) is 28.4 Å². The van der Waals surface area contributed by atoms with Gasteiger partial charge in [-0.3, -0.25) is 4.79 Å². The molecule has 0 N–H and O–H groups in total. The average molecular weight is 405 g/mol. The van der Waals surface area contributed by atoms with E-state index >= 15 is 0 Å². The molecule has 0 aliphatic carbocycles. The second kappa shape index (κ2) is 8.93. The summed E-state index contributed by atoms with van der Waals surface area (Å²) in [5.74, 6) is -0.843. The van der Waals surface area contributed by atoms with Crippen molar-refractivity contribution in [1.82, 2.24) is 4.90 Å². The van der Waals surface area contributed by atoms with Crippen molar-refractivity contribution in [2.75, 3.05) is 27.3 Å². The number of hydrogen-bond acceptors (Lipinski definition) is 5. The lowest BCUT2D eigenvalue weighted by Gasteiger charge is -2.13. The van der Waals surface area contributed by atoms with Crippen molar-refractivity contribution in [1.29, 1.82) is 0 Å². The summed E-state index contributed by atoms with van der Waals surface area (Å²) in [5, 5.41) is 0.161. The first-order chi connectivity index (χ1) is 10.8. The molecule has 23 heavy (non-hydrogen) atoms. The third-order valence-corrected chi connectivity index (χ3v) is 3.52. The smallest absolute Gasteiger partial charge is 0.343 e. The molecule has 0 fully saturated rings. The first kappa shape index (κ1) is 19.5. The van der Waals surface area contributed by atoms with E-state index < -0.39 is 11.8 Å². The van der Waals surface area contributed by atoms with Gasteiger partial charge >= 0.3 is 5.97 Å². The molecule has 0 heterocycles. The van der Waals surface area contributed by atoms with Crippen molar-refractivity contribution in [3.63, 3.8) is 0 Å². The first-order valence-corrected chi connectivity index (χ1v) is 8.20. The molecule has 1 rings (SSSR count). The van der Waals surface area contributed by atoms with Crippen molar-refractivity contribution in [3.8, 4) is 5.75 Å². The fourth-order valence-corrected chi connectivity index (χ4v) is 2.49. The number of nitrogens with zero attached hydrogens (tertiary/aromatic N) is 1. The molecule has 7 heteroatoms. The highest BCUT2D eigenvalue weighted by atomic mass is 79.9. The van der Waals surface area contributed by atoms with Crippen LogP contribution in [0.5, 0.6) is 5.75 Å². The number of ketones is 1. The maximum atomic E-state index is 12.8. The second-order valence-electron chi connectivity index (χ2n) is 4.75. The van der Waals surface area contributed by atoms with Crippen LogP contribution < -0.4 is 4.74 Å². The number of esters is 1. The average Bonchev–Trinajstić information content (AvgIpc) is 2.47. The quantitative estimate of drug-likeness (QED) is 0.228. The Hall–Kier alpha value is -1.53. The fourth-order valence-electron chi connectivity index (χ4n) is 1.81. The van der Waals surface area contributed by atoms with Crippen LogP contribution in [-0.4, -0.2) is 44.0 Å². The summed E-state index contributed by atoms with van der Waals surface area (Å²) in [6.07, 6.45) is 1.41. The van der Waals surface area contributed by atoms with Gasteiger partial charge in [0.1, 0.15) is 11.3 Å². The molecule has 0 bridgehead atoms. The van der Waals surface area contributed by atoms with E-state index in [1.54, 1.807) is 38.1 Å². The van der Waals surface area contributed by atoms with E-state index in [1.807, 2.05) is 6.92 Å². The highest BCUT2D eigenvalue weighted by molar-refractivity contribution is 9.10. The van der Waals surface area contributed by atoms with Gasteiger partial charge in [-0.15, -0.1) is 0 Å². The van der Waals surface area contributed by atoms with Crippen molar-refractivity contribution in [2.45, 2.75) is 13.8 Å². The maximum absolute atomic E-state index is 12.8. The van der Waals surface area contributed by atoms with E-state index in [0.29, 0.717) is 16.8 Å². The van der Waals surface area contributed by atoms with Crippen LogP contribution in [0, 0.1) is 0 Å². The zero-order valence-electron chi connectivity index (χ0n) is 13.5. The minimum Gasteiger partial charge on any atom is -0.492 e. The van der Waals surface area contributed by atoms with Crippen LogP contribution in [0.2, 0.25) is 5.02 Å². The fraction of sp³-hybridized carbons (Fsp3) is 0.375. The van der Waals surface area contributed by atoms with Gasteiger partial charge in [0, 0.05) is 30.3 Å². The summed E-state index contributed by atoms with van der Waals surface area (Å²) < 4.78 is 11.0. The molecule has 0 spiro atoms. The van der Waals surface area contributed by atoms with Gasteiger partial charge in [-0.1, -0.05) is 27.5 Å². The number of hydrogen-bond donors (Lipinski definition) is 0. The highest BCUT2D eigenvalue weighted by Crippen LogP contribution is 2.33. The van der Waals surface area contributed by atoms with E-state index in [0.717, 1.165) is 0 Å². The van der Waals surface area contributed by atoms with Crippen LogP contribution in [0.4, 0.5) is 0 Å². The van der Waals surface area contributed by atoms with E-state index in [9.17, 15) is 9.59 Å². The molecule has 0 atom stereocenters. The zero-order chi connectivity index (χ0) is 17.6. The Kier molecular flexibility index (Phi) is 7.58. The molecule has 0 aliphatic heterocycles. The number of rotatable bonds is 7. The summed E-state index contributed by atoms with van der Waals surface area (Å²) in [6.45, 7) is 4.07. The van der Waals surface area contributed by atoms with Crippen LogP contribution in [-0.2, 0) is 9.53 Å². The third-order valence-electron chi connectivity index (χ3n) is 2.68. The van der Waals surface area contributed by atoms with Crippen LogP contribution in [0.3, 0.4) is 0 Å². The molecule has 5 nitrogen and oxygen atoms in total. The van der Waals surface area contributed by atoms with E-state index in [4.69, 9.17) is 21.1 Å². The summed E-state index contributed by atoms with van der Waals surface area (Å²) in [4.78, 5) is 26.4. The van der Waals surface area contributed by atoms with Gasteiger partial charge in [-0.25, -0.2) is 4.79 Å².